The van der Waals surface area contributed by atoms with E-state index in [1.54, 1.807) is 0 Å². The average molecular weight is 554 g/mol. The highest BCUT2D eigenvalue weighted by Gasteiger charge is 2.38. The van der Waals surface area contributed by atoms with Gasteiger partial charge in [-0.1, -0.05) is 57.3 Å². The molecule has 0 aliphatic carbocycles. The van der Waals surface area contributed by atoms with Gasteiger partial charge in [-0.05, 0) is 30.0 Å². The van der Waals surface area contributed by atoms with Crippen LogP contribution in [-0.2, 0) is 22.7 Å². The van der Waals surface area contributed by atoms with Crippen LogP contribution in [0.25, 0.3) is 11.0 Å². The Morgan fingerprint density at radius 3 is 2.64 bits per heavy atom. The Hall–Kier alpha value is -2.50. The molecule has 2 bridgehead atoms. The van der Waals surface area contributed by atoms with Crippen molar-refractivity contribution >= 4 is 24.9 Å². The number of nitrogens with zero attached hydrogens (tertiary/aromatic N) is 4. The van der Waals surface area contributed by atoms with Gasteiger partial charge in [0.1, 0.15) is 23.9 Å². The zero-order chi connectivity index (χ0) is 27.6. The lowest BCUT2D eigenvalue weighted by atomic mass is 10.0. The van der Waals surface area contributed by atoms with Crippen molar-refractivity contribution in [3.05, 3.63) is 47.2 Å². The number of rotatable bonds is 13. The van der Waals surface area contributed by atoms with Crippen LogP contribution in [0, 0.1) is 0 Å². The monoisotopic (exact) mass is 553 g/mol. The summed E-state index contributed by atoms with van der Waals surface area (Å²) >= 11 is 0. The van der Waals surface area contributed by atoms with Gasteiger partial charge in [0.15, 0.2) is 5.82 Å². The number of hydrogen-bond donors (Lipinski definition) is 2. The van der Waals surface area contributed by atoms with Gasteiger partial charge in [0.2, 0.25) is 0 Å². The molecule has 2 aromatic heterocycles. The Bertz CT molecular complexity index is 1260. The molecule has 39 heavy (non-hydrogen) atoms. The highest BCUT2D eigenvalue weighted by molar-refractivity contribution is 6.76. The van der Waals surface area contributed by atoms with Gasteiger partial charge in [-0.25, -0.2) is 0 Å². The Kier molecular flexibility index (Phi) is 8.58. The average Bonchev–Trinajstić information content (AvgIpc) is 3.61. The summed E-state index contributed by atoms with van der Waals surface area (Å²) in [5.41, 5.74) is 10.4. The molecule has 2 aliphatic heterocycles. The molecule has 3 atom stereocenters. The SMILES string of the molecule is CCCCOc1nc(N)c2c(n1)c(C(O)c1ccc(CN3C[C@@H]4C[C@H]3CO4)cc1)cn2COCC[Si](C)(C)C. The number of fused-ring (bicyclic) bond motifs is 3. The molecule has 0 spiro atoms. The largest absolute Gasteiger partial charge is 0.463 e. The van der Waals surface area contributed by atoms with Crippen LogP contribution in [-0.4, -0.2) is 71.1 Å². The first-order valence-electron chi connectivity index (χ1n) is 14.2. The number of likely N-dealkylation sites (tertiary alicyclic amines) is 1. The molecule has 0 radical (unpaired) electrons. The van der Waals surface area contributed by atoms with E-state index in [0.717, 1.165) is 50.6 Å². The maximum absolute atomic E-state index is 11.5. The molecule has 0 amide bonds. The molecule has 1 unspecified atom stereocenters. The number of benzene rings is 1. The van der Waals surface area contributed by atoms with Crippen molar-refractivity contribution in [2.45, 2.75) is 83.4 Å². The van der Waals surface area contributed by atoms with Gasteiger partial charge in [0.05, 0.1) is 19.3 Å². The summed E-state index contributed by atoms with van der Waals surface area (Å²) in [7, 11) is -1.21. The molecule has 2 fully saturated rings. The Morgan fingerprint density at radius 2 is 1.97 bits per heavy atom. The Balaban J connectivity index is 1.38. The molecule has 9 nitrogen and oxygen atoms in total. The second-order valence-electron chi connectivity index (χ2n) is 12.1. The lowest BCUT2D eigenvalue weighted by Crippen LogP contribution is -2.36. The highest BCUT2D eigenvalue weighted by Crippen LogP contribution is 2.34. The third-order valence-electron chi connectivity index (χ3n) is 7.69. The molecule has 2 aliphatic rings. The molecule has 1 aromatic carbocycles. The van der Waals surface area contributed by atoms with Crippen LogP contribution in [0.3, 0.4) is 0 Å². The van der Waals surface area contributed by atoms with E-state index in [1.807, 2.05) is 22.9 Å². The summed E-state index contributed by atoms with van der Waals surface area (Å²) in [4.78, 5) is 11.6. The molecule has 3 aromatic rings. The molecule has 2 saturated heterocycles. The van der Waals surface area contributed by atoms with Crippen LogP contribution in [0.4, 0.5) is 5.82 Å². The van der Waals surface area contributed by atoms with E-state index >= 15 is 0 Å². The summed E-state index contributed by atoms with van der Waals surface area (Å²) in [6.07, 6.45) is 4.45. The summed E-state index contributed by atoms with van der Waals surface area (Å²) in [5.74, 6) is 0.318. The van der Waals surface area contributed by atoms with Crippen molar-refractivity contribution < 1.29 is 19.3 Å². The lowest BCUT2D eigenvalue weighted by molar-refractivity contribution is 0.0273. The first kappa shape index (κ1) is 28.0. The molecular weight excluding hydrogens is 510 g/mol. The molecule has 0 saturated carbocycles. The van der Waals surface area contributed by atoms with Crippen molar-refractivity contribution in [3.8, 4) is 6.01 Å². The number of aliphatic hydroxyl groups excluding tert-OH is 1. The molecule has 3 N–H and O–H groups in total. The standard InChI is InChI=1S/C29H43N5O4Si/c1-5-6-11-37-29-31-25-24(17-34(26(25)28(30)32-29)19-36-12-13-39(2,3)4)27(35)21-9-7-20(8-10-21)15-33-16-23-14-22(33)18-38-23/h7-10,17,22-23,27,35H,5-6,11-16,18-19H2,1-4H3,(H2,30,31,32)/t22-,23-,27?/m0/s1. The minimum absolute atomic E-state index is 0.235. The van der Waals surface area contributed by atoms with Crippen molar-refractivity contribution in [2.75, 3.05) is 32.1 Å². The third-order valence-corrected chi connectivity index (χ3v) is 9.40. The minimum atomic E-state index is -1.21. The number of anilines is 1. The van der Waals surface area contributed by atoms with E-state index in [0.29, 0.717) is 54.5 Å². The third kappa shape index (κ3) is 6.63. The maximum atomic E-state index is 11.5. The second-order valence-corrected chi connectivity index (χ2v) is 17.7. The predicted molar refractivity (Wildman–Crippen MR) is 156 cm³/mol. The lowest BCUT2D eigenvalue weighted by Gasteiger charge is -2.26. The van der Waals surface area contributed by atoms with E-state index in [-0.39, 0.29) is 6.01 Å². The van der Waals surface area contributed by atoms with Gasteiger partial charge in [-0.15, -0.1) is 0 Å². The molecule has 4 heterocycles. The van der Waals surface area contributed by atoms with Gasteiger partial charge in [0, 0.05) is 45.6 Å². The zero-order valence-corrected chi connectivity index (χ0v) is 24.7. The quantitative estimate of drug-likeness (QED) is 0.234. The summed E-state index contributed by atoms with van der Waals surface area (Å²) in [6.45, 7) is 13.3. The fourth-order valence-electron chi connectivity index (χ4n) is 5.34. The zero-order valence-electron chi connectivity index (χ0n) is 23.7. The van der Waals surface area contributed by atoms with Gasteiger partial charge < -0.3 is 29.6 Å². The first-order chi connectivity index (χ1) is 18.7. The van der Waals surface area contributed by atoms with Crippen LogP contribution >= 0.6 is 0 Å². The highest BCUT2D eigenvalue weighted by atomic mass is 28.3. The predicted octanol–water partition coefficient (Wildman–Crippen LogP) is 4.56. The fraction of sp³-hybridized carbons (Fsp3) is 0.586. The van der Waals surface area contributed by atoms with Crippen LogP contribution in [0.2, 0.25) is 25.7 Å². The number of nitrogen functional groups attached to an aromatic ring is 1. The smallest absolute Gasteiger partial charge is 0.319 e. The summed E-state index contributed by atoms with van der Waals surface area (Å²) < 4.78 is 19.5. The fourth-order valence-corrected chi connectivity index (χ4v) is 6.09. The number of nitrogens with two attached hydrogens (primary N) is 1. The van der Waals surface area contributed by atoms with Crippen molar-refractivity contribution in [1.82, 2.24) is 19.4 Å². The topological polar surface area (TPSA) is 108 Å². The van der Waals surface area contributed by atoms with E-state index < -0.39 is 14.2 Å². The number of aliphatic hydroxyl groups is 1. The normalized spacial score (nSPS) is 20.2. The van der Waals surface area contributed by atoms with Crippen LogP contribution in [0.15, 0.2) is 30.5 Å². The van der Waals surface area contributed by atoms with Crippen LogP contribution < -0.4 is 10.5 Å². The number of unbranched alkanes of at least 4 members (excludes halogenated alkanes) is 1. The first-order valence-corrected chi connectivity index (χ1v) is 17.9. The van der Waals surface area contributed by atoms with Gasteiger partial charge in [-0.2, -0.15) is 9.97 Å². The van der Waals surface area contributed by atoms with Gasteiger partial charge in [-0.3, -0.25) is 4.90 Å². The van der Waals surface area contributed by atoms with Gasteiger partial charge in [0.25, 0.3) is 0 Å². The van der Waals surface area contributed by atoms with Crippen molar-refractivity contribution in [1.29, 1.82) is 0 Å². The van der Waals surface area contributed by atoms with Gasteiger partial charge >= 0.3 is 6.01 Å². The number of morpholine rings is 1. The molecular formula is C29H43N5O4Si. The summed E-state index contributed by atoms with van der Waals surface area (Å²) in [5, 5.41) is 11.5. The molecule has 5 rings (SSSR count). The van der Waals surface area contributed by atoms with E-state index in [4.69, 9.17) is 19.9 Å². The number of ether oxygens (including phenoxy) is 3. The minimum Gasteiger partial charge on any atom is -0.463 e. The maximum Gasteiger partial charge on any atom is 0.319 e. The second kappa shape index (κ2) is 11.9. The number of hydrogen-bond acceptors (Lipinski definition) is 8. The van der Waals surface area contributed by atoms with Crippen LogP contribution in [0.5, 0.6) is 6.01 Å². The van der Waals surface area contributed by atoms with Crippen LogP contribution in [0.1, 0.15) is 49.0 Å². The summed E-state index contributed by atoms with van der Waals surface area (Å²) in [6, 6.07) is 10.0. The molecule has 212 valence electrons. The Morgan fingerprint density at radius 1 is 1.18 bits per heavy atom. The van der Waals surface area contributed by atoms with E-state index in [9.17, 15) is 5.11 Å². The van der Waals surface area contributed by atoms with E-state index in [2.05, 4.69) is 53.6 Å². The van der Waals surface area contributed by atoms with E-state index in [1.165, 1.54) is 5.56 Å². The molecule has 10 heteroatoms. The Labute approximate surface area is 232 Å². The van der Waals surface area contributed by atoms with Crippen molar-refractivity contribution in [2.24, 2.45) is 0 Å². The van der Waals surface area contributed by atoms with Crippen molar-refractivity contribution in [3.63, 3.8) is 0 Å². The number of aromatic nitrogens is 3.